The standard InChI is InChI=1S/C14H16N6O5/c21-13(15-7-12-9-24-5-6-25-12)8-19-17-14(16-18-19)10-1-3-11(4-2-10)20(22)23/h1-4,12H,5-9H2,(H,15,21)/t12-/m0/s1. The second-order valence-electron chi connectivity index (χ2n) is 5.32. The maximum absolute atomic E-state index is 11.9. The first kappa shape index (κ1) is 16.9. The van der Waals surface area contributed by atoms with Crippen LogP contribution < -0.4 is 5.32 Å². The quantitative estimate of drug-likeness (QED) is 0.559. The molecule has 1 saturated heterocycles. The summed E-state index contributed by atoms with van der Waals surface area (Å²) >= 11 is 0. The first-order valence-electron chi connectivity index (χ1n) is 7.60. The van der Waals surface area contributed by atoms with E-state index in [0.29, 0.717) is 31.9 Å². The topological polar surface area (TPSA) is 134 Å². The Morgan fingerprint density at radius 1 is 1.36 bits per heavy atom. The molecule has 0 spiro atoms. The normalized spacial score (nSPS) is 17.2. The molecule has 2 aromatic rings. The van der Waals surface area contributed by atoms with Gasteiger partial charge in [0.1, 0.15) is 6.54 Å². The minimum atomic E-state index is -0.487. The number of nitrogens with one attached hydrogen (secondary N) is 1. The molecule has 1 fully saturated rings. The van der Waals surface area contributed by atoms with Crippen molar-refractivity contribution in [1.29, 1.82) is 0 Å². The monoisotopic (exact) mass is 348 g/mol. The van der Waals surface area contributed by atoms with Crippen molar-refractivity contribution < 1.29 is 19.2 Å². The molecule has 11 nitrogen and oxygen atoms in total. The number of amides is 1. The van der Waals surface area contributed by atoms with Crippen LogP contribution in [0.3, 0.4) is 0 Å². The number of tetrazole rings is 1. The lowest BCUT2D eigenvalue weighted by atomic mass is 10.2. The SMILES string of the molecule is O=C(Cn1nnc(-c2ccc([N+](=O)[O-])cc2)n1)NC[C@H]1COCCO1. The van der Waals surface area contributed by atoms with Gasteiger partial charge in [-0.05, 0) is 17.3 Å². The summed E-state index contributed by atoms with van der Waals surface area (Å²) in [5, 5.41) is 25.1. The molecule has 1 amide bonds. The van der Waals surface area contributed by atoms with Gasteiger partial charge in [-0.15, -0.1) is 10.2 Å². The zero-order chi connectivity index (χ0) is 17.6. The van der Waals surface area contributed by atoms with Crippen LogP contribution in [0.1, 0.15) is 0 Å². The third-order valence-electron chi connectivity index (χ3n) is 3.49. The molecule has 3 rings (SSSR count). The number of nitrogens with zero attached hydrogens (tertiary/aromatic N) is 5. The van der Waals surface area contributed by atoms with Crippen LogP contribution in [0.15, 0.2) is 24.3 Å². The van der Waals surface area contributed by atoms with Crippen molar-refractivity contribution in [3.05, 3.63) is 34.4 Å². The molecular formula is C14H16N6O5. The highest BCUT2D eigenvalue weighted by Crippen LogP contribution is 2.18. The van der Waals surface area contributed by atoms with Gasteiger partial charge in [0.2, 0.25) is 11.7 Å². The molecule has 0 saturated carbocycles. The second kappa shape index (κ2) is 7.77. The molecule has 1 N–H and O–H groups in total. The molecule has 2 heterocycles. The second-order valence-corrected chi connectivity index (χ2v) is 5.32. The smallest absolute Gasteiger partial charge is 0.269 e. The number of carbonyl (C=O) groups excluding carboxylic acids is 1. The highest BCUT2D eigenvalue weighted by Gasteiger charge is 2.16. The van der Waals surface area contributed by atoms with E-state index >= 15 is 0 Å². The van der Waals surface area contributed by atoms with Crippen LogP contribution in [-0.2, 0) is 20.8 Å². The van der Waals surface area contributed by atoms with Gasteiger partial charge in [-0.2, -0.15) is 4.80 Å². The van der Waals surface area contributed by atoms with Crippen LogP contribution in [0.2, 0.25) is 0 Å². The molecule has 1 aromatic carbocycles. The average molecular weight is 348 g/mol. The van der Waals surface area contributed by atoms with Crippen molar-refractivity contribution in [2.24, 2.45) is 0 Å². The number of nitro benzene ring substituents is 1. The Morgan fingerprint density at radius 3 is 2.84 bits per heavy atom. The lowest BCUT2D eigenvalue weighted by Crippen LogP contribution is -2.40. The fraction of sp³-hybridized carbons (Fsp3) is 0.429. The summed E-state index contributed by atoms with van der Waals surface area (Å²) < 4.78 is 10.7. The lowest BCUT2D eigenvalue weighted by molar-refractivity contribution is -0.384. The van der Waals surface area contributed by atoms with Gasteiger partial charge in [0.05, 0.1) is 30.8 Å². The van der Waals surface area contributed by atoms with Crippen LogP contribution in [-0.4, -0.2) is 63.5 Å². The number of carbonyl (C=O) groups is 1. The molecule has 1 atom stereocenters. The van der Waals surface area contributed by atoms with Crippen LogP contribution in [0.25, 0.3) is 11.4 Å². The van der Waals surface area contributed by atoms with E-state index in [0.717, 1.165) is 4.80 Å². The van der Waals surface area contributed by atoms with Crippen LogP contribution in [0, 0.1) is 10.1 Å². The number of ether oxygens (including phenoxy) is 2. The Bertz CT molecular complexity index is 740. The van der Waals surface area contributed by atoms with Crippen LogP contribution >= 0.6 is 0 Å². The molecule has 0 unspecified atom stereocenters. The van der Waals surface area contributed by atoms with Gasteiger partial charge in [-0.3, -0.25) is 14.9 Å². The summed E-state index contributed by atoms with van der Waals surface area (Å²) in [6, 6.07) is 5.77. The molecule has 0 radical (unpaired) electrons. The third-order valence-corrected chi connectivity index (χ3v) is 3.49. The number of benzene rings is 1. The van der Waals surface area contributed by atoms with Crippen molar-refractivity contribution in [3.8, 4) is 11.4 Å². The maximum atomic E-state index is 11.9. The van der Waals surface area contributed by atoms with E-state index in [4.69, 9.17) is 9.47 Å². The lowest BCUT2D eigenvalue weighted by Gasteiger charge is -2.22. The molecule has 1 aromatic heterocycles. The number of aromatic nitrogens is 4. The minimum Gasteiger partial charge on any atom is -0.376 e. The summed E-state index contributed by atoms with van der Waals surface area (Å²) in [6.07, 6.45) is -0.155. The first-order valence-corrected chi connectivity index (χ1v) is 7.60. The summed E-state index contributed by atoms with van der Waals surface area (Å²) in [6.45, 7) is 1.80. The predicted octanol–water partition coefficient (Wildman–Crippen LogP) is -0.220. The molecule has 1 aliphatic heterocycles. The van der Waals surface area contributed by atoms with Crippen molar-refractivity contribution in [2.75, 3.05) is 26.4 Å². The van der Waals surface area contributed by atoms with E-state index in [9.17, 15) is 14.9 Å². The zero-order valence-electron chi connectivity index (χ0n) is 13.2. The largest absolute Gasteiger partial charge is 0.376 e. The Kier molecular flexibility index (Phi) is 5.26. The Balaban J connectivity index is 1.53. The number of rotatable bonds is 6. The number of nitro groups is 1. The Morgan fingerprint density at radius 2 is 2.16 bits per heavy atom. The molecule has 0 aliphatic carbocycles. The van der Waals surface area contributed by atoms with E-state index in [-0.39, 0.29) is 30.1 Å². The van der Waals surface area contributed by atoms with E-state index < -0.39 is 4.92 Å². The molecule has 25 heavy (non-hydrogen) atoms. The van der Waals surface area contributed by atoms with Gasteiger partial charge >= 0.3 is 0 Å². The Labute approximate surface area is 142 Å². The first-order chi connectivity index (χ1) is 12.1. The van der Waals surface area contributed by atoms with Crippen molar-refractivity contribution in [2.45, 2.75) is 12.6 Å². The molecule has 1 aliphatic rings. The highest BCUT2D eigenvalue weighted by molar-refractivity contribution is 5.75. The summed E-state index contributed by atoms with van der Waals surface area (Å²) in [5.41, 5.74) is 0.550. The number of non-ortho nitro benzene ring substituents is 1. The predicted molar refractivity (Wildman–Crippen MR) is 83.5 cm³/mol. The van der Waals surface area contributed by atoms with Crippen molar-refractivity contribution in [3.63, 3.8) is 0 Å². The maximum Gasteiger partial charge on any atom is 0.269 e. The van der Waals surface area contributed by atoms with Crippen molar-refractivity contribution >= 4 is 11.6 Å². The molecule has 0 bridgehead atoms. The summed E-state index contributed by atoms with van der Waals surface area (Å²) in [7, 11) is 0. The molecular weight excluding hydrogens is 332 g/mol. The van der Waals surface area contributed by atoms with Gasteiger partial charge in [-0.25, -0.2) is 0 Å². The molecule has 11 heteroatoms. The van der Waals surface area contributed by atoms with Gasteiger partial charge in [0.15, 0.2) is 0 Å². The average Bonchev–Trinajstić information content (AvgIpc) is 3.09. The van der Waals surface area contributed by atoms with Crippen LogP contribution in [0.5, 0.6) is 0 Å². The van der Waals surface area contributed by atoms with Gasteiger partial charge in [-0.1, -0.05) is 0 Å². The van der Waals surface area contributed by atoms with Gasteiger partial charge < -0.3 is 14.8 Å². The fourth-order valence-corrected chi connectivity index (χ4v) is 2.22. The van der Waals surface area contributed by atoms with Gasteiger partial charge in [0.25, 0.3) is 5.69 Å². The summed E-state index contributed by atoms with van der Waals surface area (Å²) in [4.78, 5) is 23.2. The van der Waals surface area contributed by atoms with E-state index in [2.05, 4.69) is 20.7 Å². The highest BCUT2D eigenvalue weighted by atomic mass is 16.6. The zero-order valence-corrected chi connectivity index (χ0v) is 13.2. The van der Waals surface area contributed by atoms with E-state index in [1.54, 1.807) is 0 Å². The summed E-state index contributed by atoms with van der Waals surface area (Å²) in [5.74, 6) is 0.00790. The van der Waals surface area contributed by atoms with E-state index in [1.807, 2.05) is 0 Å². The van der Waals surface area contributed by atoms with Crippen LogP contribution in [0.4, 0.5) is 5.69 Å². The minimum absolute atomic E-state index is 0.0237. The third kappa shape index (κ3) is 4.55. The number of hydrogen-bond donors (Lipinski definition) is 1. The number of hydrogen-bond acceptors (Lipinski definition) is 8. The molecule has 132 valence electrons. The Hall–Kier alpha value is -2.92. The van der Waals surface area contributed by atoms with Gasteiger partial charge in [0, 0.05) is 24.2 Å². The van der Waals surface area contributed by atoms with E-state index in [1.165, 1.54) is 24.3 Å². The van der Waals surface area contributed by atoms with Crippen molar-refractivity contribution in [1.82, 2.24) is 25.5 Å². The fourth-order valence-electron chi connectivity index (χ4n) is 2.22.